The van der Waals surface area contributed by atoms with Crippen molar-refractivity contribution >= 4 is 23.6 Å². The number of aryl methyl sites for hydroxylation is 2. The van der Waals surface area contributed by atoms with E-state index in [1.165, 1.54) is 0 Å². The fourth-order valence-electron chi connectivity index (χ4n) is 2.06. The summed E-state index contributed by atoms with van der Waals surface area (Å²) in [6, 6.07) is 13.1. The number of carbonyl (C=O) groups excluding carboxylic acids is 3. The summed E-state index contributed by atoms with van der Waals surface area (Å²) in [5.74, 6) is -1.33. The van der Waals surface area contributed by atoms with Gasteiger partial charge in [-0.15, -0.1) is 0 Å². The first-order valence-corrected chi connectivity index (χ1v) is 7.36. The standard InChI is InChI=1S/C18H18N2O4/c1-12-8-9-15(13(2)10-12)19-18(23)20-16(21)11-24-17(22)14-6-4-3-5-7-14/h3-10H,11H2,1-2H3,(H2,19,20,21,23). The number of nitrogens with one attached hydrogen (secondary N) is 2. The van der Waals surface area contributed by atoms with Gasteiger partial charge in [-0.25, -0.2) is 9.59 Å². The van der Waals surface area contributed by atoms with Crippen LogP contribution >= 0.6 is 0 Å². The summed E-state index contributed by atoms with van der Waals surface area (Å²) in [6.07, 6.45) is 0. The van der Waals surface area contributed by atoms with Crippen molar-refractivity contribution in [1.82, 2.24) is 5.32 Å². The molecule has 0 aliphatic rings. The molecule has 0 saturated heterocycles. The van der Waals surface area contributed by atoms with Crippen molar-refractivity contribution in [3.8, 4) is 0 Å². The average molecular weight is 326 g/mol. The minimum absolute atomic E-state index is 0.338. The Labute approximate surface area is 139 Å². The maximum atomic E-state index is 11.8. The number of urea groups is 1. The van der Waals surface area contributed by atoms with Crippen LogP contribution in [0.15, 0.2) is 48.5 Å². The maximum Gasteiger partial charge on any atom is 0.338 e. The van der Waals surface area contributed by atoms with Gasteiger partial charge >= 0.3 is 12.0 Å². The van der Waals surface area contributed by atoms with E-state index in [2.05, 4.69) is 10.6 Å². The highest BCUT2D eigenvalue weighted by molar-refractivity contribution is 6.02. The van der Waals surface area contributed by atoms with Gasteiger partial charge in [0.25, 0.3) is 5.91 Å². The molecule has 6 heteroatoms. The Morgan fingerprint density at radius 2 is 1.71 bits per heavy atom. The molecule has 24 heavy (non-hydrogen) atoms. The molecule has 0 atom stereocenters. The van der Waals surface area contributed by atoms with Gasteiger partial charge in [-0.2, -0.15) is 0 Å². The van der Waals surface area contributed by atoms with Crippen molar-refractivity contribution in [2.24, 2.45) is 0 Å². The number of benzene rings is 2. The summed E-state index contributed by atoms with van der Waals surface area (Å²) in [5, 5.41) is 4.69. The summed E-state index contributed by atoms with van der Waals surface area (Å²) in [4.78, 5) is 35.2. The Balaban J connectivity index is 1.81. The molecular weight excluding hydrogens is 308 g/mol. The predicted octanol–water partition coefficient (Wildman–Crippen LogP) is 2.81. The molecule has 0 aliphatic heterocycles. The van der Waals surface area contributed by atoms with Crippen LogP contribution in [0.1, 0.15) is 21.5 Å². The van der Waals surface area contributed by atoms with Crippen LogP contribution in [0.25, 0.3) is 0 Å². The molecule has 3 amide bonds. The molecule has 2 aromatic rings. The van der Waals surface area contributed by atoms with Crippen molar-refractivity contribution in [3.05, 3.63) is 65.2 Å². The van der Waals surface area contributed by atoms with Crippen LogP contribution < -0.4 is 10.6 Å². The molecule has 124 valence electrons. The van der Waals surface area contributed by atoms with E-state index >= 15 is 0 Å². The van der Waals surface area contributed by atoms with E-state index in [-0.39, 0.29) is 0 Å². The molecule has 0 saturated carbocycles. The maximum absolute atomic E-state index is 11.8. The van der Waals surface area contributed by atoms with E-state index in [0.29, 0.717) is 11.3 Å². The van der Waals surface area contributed by atoms with E-state index in [1.807, 2.05) is 26.0 Å². The fourth-order valence-corrected chi connectivity index (χ4v) is 2.06. The van der Waals surface area contributed by atoms with Crippen molar-refractivity contribution in [1.29, 1.82) is 0 Å². The average Bonchev–Trinajstić information content (AvgIpc) is 2.56. The second-order valence-electron chi connectivity index (χ2n) is 5.26. The largest absolute Gasteiger partial charge is 0.452 e. The second kappa shape index (κ2) is 7.92. The number of hydrogen-bond acceptors (Lipinski definition) is 4. The molecule has 6 nitrogen and oxygen atoms in total. The minimum atomic E-state index is -0.707. The van der Waals surface area contributed by atoms with Gasteiger partial charge in [0, 0.05) is 5.69 Å². The van der Waals surface area contributed by atoms with Crippen molar-refractivity contribution in [2.75, 3.05) is 11.9 Å². The van der Waals surface area contributed by atoms with Gasteiger partial charge < -0.3 is 10.1 Å². The van der Waals surface area contributed by atoms with Crippen LogP contribution in [0.4, 0.5) is 10.5 Å². The van der Waals surface area contributed by atoms with E-state index < -0.39 is 24.5 Å². The molecule has 2 N–H and O–H groups in total. The van der Waals surface area contributed by atoms with Crippen LogP contribution in [0, 0.1) is 13.8 Å². The molecule has 0 unspecified atom stereocenters. The second-order valence-corrected chi connectivity index (χ2v) is 5.26. The molecule has 0 bridgehead atoms. The first-order valence-electron chi connectivity index (χ1n) is 7.36. The number of imide groups is 1. The first kappa shape index (κ1) is 17.2. The number of esters is 1. The Morgan fingerprint density at radius 1 is 1.00 bits per heavy atom. The van der Waals surface area contributed by atoms with Crippen LogP contribution in [0.2, 0.25) is 0 Å². The molecule has 0 radical (unpaired) electrons. The van der Waals surface area contributed by atoms with Gasteiger partial charge in [0.2, 0.25) is 0 Å². The third-order valence-corrected chi connectivity index (χ3v) is 3.23. The Kier molecular flexibility index (Phi) is 5.68. The molecule has 0 aliphatic carbocycles. The summed E-state index contributed by atoms with van der Waals surface area (Å²) in [6.45, 7) is 3.27. The van der Waals surface area contributed by atoms with Crippen LogP contribution in [-0.4, -0.2) is 24.5 Å². The normalized spacial score (nSPS) is 9.92. The van der Waals surface area contributed by atoms with E-state index in [4.69, 9.17) is 4.74 Å². The third kappa shape index (κ3) is 4.95. The molecule has 0 aromatic heterocycles. The number of hydrogen-bond donors (Lipinski definition) is 2. The zero-order chi connectivity index (χ0) is 17.5. The highest BCUT2D eigenvalue weighted by atomic mass is 16.5. The molecule has 2 rings (SSSR count). The smallest absolute Gasteiger partial charge is 0.338 e. The third-order valence-electron chi connectivity index (χ3n) is 3.23. The lowest BCUT2D eigenvalue weighted by Crippen LogP contribution is -2.37. The highest BCUT2D eigenvalue weighted by Crippen LogP contribution is 2.15. The quantitative estimate of drug-likeness (QED) is 0.846. The van der Waals surface area contributed by atoms with Gasteiger partial charge in [-0.1, -0.05) is 35.9 Å². The molecule has 0 spiro atoms. The van der Waals surface area contributed by atoms with Gasteiger partial charge in [-0.3, -0.25) is 10.1 Å². The Bertz CT molecular complexity index is 757. The summed E-state index contributed by atoms with van der Waals surface area (Å²) >= 11 is 0. The fraction of sp³-hybridized carbons (Fsp3) is 0.167. The number of amides is 3. The van der Waals surface area contributed by atoms with Crippen molar-refractivity contribution in [3.63, 3.8) is 0 Å². The topological polar surface area (TPSA) is 84.5 Å². The van der Waals surface area contributed by atoms with Crippen molar-refractivity contribution in [2.45, 2.75) is 13.8 Å². The molecule has 2 aromatic carbocycles. The van der Waals surface area contributed by atoms with Gasteiger partial charge in [-0.05, 0) is 37.6 Å². The lowest BCUT2D eigenvalue weighted by Gasteiger charge is -2.10. The predicted molar refractivity (Wildman–Crippen MR) is 89.8 cm³/mol. The first-order chi connectivity index (χ1) is 11.5. The zero-order valence-corrected chi connectivity index (χ0v) is 13.5. The monoisotopic (exact) mass is 326 g/mol. The number of carbonyl (C=O) groups is 3. The van der Waals surface area contributed by atoms with Crippen LogP contribution in [0.5, 0.6) is 0 Å². The minimum Gasteiger partial charge on any atom is -0.452 e. The zero-order valence-electron chi connectivity index (χ0n) is 13.5. The Hall–Kier alpha value is -3.15. The lowest BCUT2D eigenvalue weighted by molar-refractivity contribution is -0.123. The molecule has 0 heterocycles. The van der Waals surface area contributed by atoms with Crippen LogP contribution in [-0.2, 0) is 9.53 Å². The van der Waals surface area contributed by atoms with Gasteiger partial charge in [0.05, 0.1) is 5.56 Å². The summed E-state index contributed by atoms with van der Waals surface area (Å²) in [7, 11) is 0. The molecular formula is C18H18N2O4. The van der Waals surface area contributed by atoms with Crippen LogP contribution in [0.3, 0.4) is 0 Å². The Morgan fingerprint density at radius 3 is 2.38 bits per heavy atom. The lowest BCUT2D eigenvalue weighted by atomic mass is 10.1. The SMILES string of the molecule is Cc1ccc(NC(=O)NC(=O)COC(=O)c2ccccc2)c(C)c1. The highest BCUT2D eigenvalue weighted by Gasteiger charge is 2.12. The van der Waals surface area contributed by atoms with E-state index in [0.717, 1.165) is 11.1 Å². The van der Waals surface area contributed by atoms with E-state index in [1.54, 1.807) is 36.4 Å². The number of ether oxygens (including phenoxy) is 1. The van der Waals surface area contributed by atoms with Gasteiger partial charge in [0.1, 0.15) is 0 Å². The van der Waals surface area contributed by atoms with Gasteiger partial charge in [0.15, 0.2) is 6.61 Å². The van der Waals surface area contributed by atoms with E-state index in [9.17, 15) is 14.4 Å². The molecule has 0 fully saturated rings. The van der Waals surface area contributed by atoms with Crippen molar-refractivity contribution < 1.29 is 19.1 Å². The number of anilines is 1. The number of rotatable bonds is 4. The summed E-state index contributed by atoms with van der Waals surface area (Å²) < 4.78 is 4.85. The summed E-state index contributed by atoms with van der Waals surface area (Å²) in [5.41, 5.74) is 2.90.